The average molecular weight is 443 g/mol. The highest BCUT2D eigenvalue weighted by Crippen LogP contribution is 2.24. The molecule has 10 nitrogen and oxygen atoms in total. The molecule has 1 aliphatic carbocycles. The van der Waals surface area contributed by atoms with Crippen molar-refractivity contribution in [1.29, 1.82) is 0 Å². The van der Waals surface area contributed by atoms with E-state index in [0.29, 0.717) is 27.7 Å². The Balaban J connectivity index is 1.46. The zero-order valence-corrected chi connectivity index (χ0v) is 17.3. The highest BCUT2D eigenvalue weighted by atomic mass is 35.5. The van der Waals surface area contributed by atoms with Gasteiger partial charge in [0.15, 0.2) is 0 Å². The van der Waals surface area contributed by atoms with Crippen LogP contribution in [0.15, 0.2) is 47.3 Å². The fourth-order valence-electron chi connectivity index (χ4n) is 2.91. The fraction of sp³-hybridized carbons (Fsp3) is 0.250. The number of carbonyl (C=O) groups is 2. The highest BCUT2D eigenvalue weighted by Gasteiger charge is 2.24. The van der Waals surface area contributed by atoms with E-state index in [0.717, 1.165) is 22.2 Å². The first kappa shape index (κ1) is 20.6. The zero-order valence-electron chi connectivity index (χ0n) is 16.5. The molecule has 4 rings (SSSR count). The molecule has 0 aliphatic heterocycles. The van der Waals surface area contributed by atoms with Crippen LogP contribution in [0.4, 0.5) is 5.69 Å². The molecule has 0 spiro atoms. The summed E-state index contributed by atoms with van der Waals surface area (Å²) in [6, 6.07) is 11.4. The summed E-state index contributed by atoms with van der Waals surface area (Å²) >= 11 is 5.98. The van der Waals surface area contributed by atoms with Gasteiger partial charge in [0, 0.05) is 16.8 Å². The number of benzene rings is 2. The quantitative estimate of drug-likeness (QED) is 0.573. The predicted octanol–water partition coefficient (Wildman–Crippen LogP) is 1.62. The molecule has 2 N–H and O–H groups in total. The number of amides is 2. The summed E-state index contributed by atoms with van der Waals surface area (Å²) in [5.41, 5.74) is 0.700. The number of methoxy groups -OCH3 is 1. The molecule has 3 aromatic rings. The van der Waals surface area contributed by atoms with E-state index in [1.165, 1.54) is 13.2 Å². The maximum atomic E-state index is 12.6. The molecule has 1 aliphatic rings. The molecule has 2 amide bonds. The molecular formula is C20H19ClN6O4. The van der Waals surface area contributed by atoms with Gasteiger partial charge in [-0.25, -0.2) is 4.79 Å². The minimum Gasteiger partial charge on any atom is -0.496 e. The van der Waals surface area contributed by atoms with Crippen LogP contribution in [-0.4, -0.2) is 44.8 Å². The van der Waals surface area contributed by atoms with Gasteiger partial charge in [0.05, 0.1) is 18.4 Å². The summed E-state index contributed by atoms with van der Waals surface area (Å²) in [7, 11) is 1.47. The maximum absolute atomic E-state index is 12.6. The molecule has 11 heteroatoms. The van der Waals surface area contributed by atoms with Gasteiger partial charge in [-0.05, 0) is 65.7 Å². The summed E-state index contributed by atoms with van der Waals surface area (Å²) in [6.07, 6.45) is 1.92. The Bertz CT molecular complexity index is 1180. The van der Waals surface area contributed by atoms with Gasteiger partial charge < -0.3 is 15.4 Å². The molecule has 0 unspecified atom stereocenters. The third kappa shape index (κ3) is 4.75. The van der Waals surface area contributed by atoms with Crippen molar-refractivity contribution in [3.8, 4) is 11.4 Å². The van der Waals surface area contributed by atoms with Crippen molar-refractivity contribution in [2.75, 3.05) is 12.4 Å². The van der Waals surface area contributed by atoms with Crippen LogP contribution in [-0.2, 0) is 11.3 Å². The van der Waals surface area contributed by atoms with Crippen molar-refractivity contribution in [3.05, 3.63) is 63.5 Å². The molecule has 160 valence electrons. The monoisotopic (exact) mass is 442 g/mol. The number of hydrogen-bond acceptors (Lipinski definition) is 6. The van der Waals surface area contributed by atoms with Gasteiger partial charge >= 0.3 is 5.69 Å². The summed E-state index contributed by atoms with van der Waals surface area (Å²) in [4.78, 5) is 36.9. The molecule has 0 bridgehead atoms. The Morgan fingerprint density at radius 1 is 1.16 bits per heavy atom. The number of nitrogens with one attached hydrogen (secondary N) is 2. The van der Waals surface area contributed by atoms with Gasteiger partial charge in [-0.1, -0.05) is 11.6 Å². The number of halogens is 1. The van der Waals surface area contributed by atoms with Gasteiger partial charge in [-0.3, -0.25) is 9.59 Å². The smallest absolute Gasteiger partial charge is 0.368 e. The van der Waals surface area contributed by atoms with Gasteiger partial charge in [0.2, 0.25) is 5.91 Å². The van der Waals surface area contributed by atoms with Gasteiger partial charge in [-0.2, -0.15) is 9.36 Å². The molecule has 0 saturated heterocycles. The minimum atomic E-state index is -0.536. The lowest BCUT2D eigenvalue weighted by atomic mass is 10.1. The third-order valence-corrected chi connectivity index (χ3v) is 4.89. The van der Waals surface area contributed by atoms with Crippen LogP contribution in [0.5, 0.6) is 5.75 Å². The van der Waals surface area contributed by atoms with E-state index in [4.69, 9.17) is 16.3 Å². The second-order valence-corrected chi connectivity index (χ2v) is 7.45. The van der Waals surface area contributed by atoms with Crippen LogP contribution in [0, 0.1) is 0 Å². The summed E-state index contributed by atoms with van der Waals surface area (Å²) in [6.45, 7) is -0.190. The van der Waals surface area contributed by atoms with Crippen LogP contribution in [0.3, 0.4) is 0 Å². The summed E-state index contributed by atoms with van der Waals surface area (Å²) < 4.78 is 7.28. The number of aromatic nitrogens is 4. The zero-order chi connectivity index (χ0) is 22.0. The van der Waals surface area contributed by atoms with E-state index in [1.54, 1.807) is 36.4 Å². The van der Waals surface area contributed by atoms with Gasteiger partial charge in [0.1, 0.15) is 12.3 Å². The Kier molecular flexibility index (Phi) is 5.72. The van der Waals surface area contributed by atoms with Crippen LogP contribution >= 0.6 is 11.6 Å². The summed E-state index contributed by atoms with van der Waals surface area (Å²) in [5.74, 6) is -0.268. The molecule has 1 heterocycles. The Hall–Kier alpha value is -3.66. The number of tetrazole rings is 1. The Labute approximate surface area is 181 Å². The first-order chi connectivity index (χ1) is 14.9. The van der Waals surface area contributed by atoms with Gasteiger partial charge in [-0.15, -0.1) is 0 Å². The molecule has 1 fully saturated rings. The number of rotatable bonds is 7. The van der Waals surface area contributed by atoms with Crippen LogP contribution in [0.2, 0.25) is 5.02 Å². The Morgan fingerprint density at radius 2 is 1.90 bits per heavy atom. The van der Waals surface area contributed by atoms with Crippen molar-refractivity contribution in [2.45, 2.75) is 25.4 Å². The van der Waals surface area contributed by atoms with Crippen LogP contribution in [0.1, 0.15) is 23.2 Å². The van der Waals surface area contributed by atoms with Crippen molar-refractivity contribution >= 4 is 29.1 Å². The van der Waals surface area contributed by atoms with Crippen LogP contribution in [0.25, 0.3) is 5.69 Å². The molecule has 31 heavy (non-hydrogen) atoms. The van der Waals surface area contributed by atoms with Crippen LogP contribution < -0.4 is 21.1 Å². The largest absolute Gasteiger partial charge is 0.496 e. The molecule has 1 aromatic heterocycles. The average Bonchev–Trinajstić information content (AvgIpc) is 3.50. The number of anilines is 1. The number of hydrogen-bond donors (Lipinski definition) is 2. The summed E-state index contributed by atoms with van der Waals surface area (Å²) in [5, 5.41) is 13.5. The molecule has 2 aromatic carbocycles. The van der Waals surface area contributed by atoms with Crippen molar-refractivity contribution in [1.82, 2.24) is 25.1 Å². The minimum absolute atomic E-state index is 0.190. The third-order valence-electron chi connectivity index (χ3n) is 4.65. The first-order valence-corrected chi connectivity index (χ1v) is 9.90. The molecule has 1 saturated carbocycles. The van der Waals surface area contributed by atoms with Gasteiger partial charge in [0.25, 0.3) is 5.91 Å². The SMILES string of the molecule is COc1ccc(Cl)cc1C(=O)Nc1ccc(-n2nnn(CC(=O)NC3CC3)c2=O)cc1. The maximum Gasteiger partial charge on any atom is 0.368 e. The normalized spacial score (nSPS) is 13.0. The lowest BCUT2D eigenvalue weighted by Gasteiger charge is -2.10. The van der Waals surface area contributed by atoms with E-state index in [1.807, 2.05) is 0 Å². The fourth-order valence-corrected chi connectivity index (χ4v) is 3.09. The number of nitrogens with zero attached hydrogens (tertiary/aromatic N) is 4. The molecule has 0 atom stereocenters. The second-order valence-electron chi connectivity index (χ2n) is 7.02. The number of carbonyl (C=O) groups excluding carboxylic acids is 2. The lowest BCUT2D eigenvalue weighted by Crippen LogP contribution is -2.34. The standard InChI is InChI=1S/C20H19ClN6O4/c1-31-17-9-2-12(21)10-16(17)19(29)23-14-5-7-15(8-6-14)27-20(30)26(24-25-27)11-18(28)22-13-3-4-13/h2,5-10,13H,3-4,11H2,1H3,(H,22,28)(H,23,29). The van der Waals surface area contributed by atoms with Crippen molar-refractivity contribution in [2.24, 2.45) is 0 Å². The van der Waals surface area contributed by atoms with E-state index < -0.39 is 11.6 Å². The van der Waals surface area contributed by atoms with E-state index >= 15 is 0 Å². The van der Waals surface area contributed by atoms with Crippen molar-refractivity contribution < 1.29 is 14.3 Å². The first-order valence-electron chi connectivity index (χ1n) is 9.52. The highest BCUT2D eigenvalue weighted by molar-refractivity contribution is 6.31. The van der Waals surface area contributed by atoms with E-state index in [-0.39, 0.29) is 18.5 Å². The topological polar surface area (TPSA) is 120 Å². The second kappa shape index (κ2) is 8.60. The Morgan fingerprint density at radius 3 is 2.58 bits per heavy atom. The predicted molar refractivity (Wildman–Crippen MR) is 113 cm³/mol. The van der Waals surface area contributed by atoms with Crippen molar-refractivity contribution in [3.63, 3.8) is 0 Å². The number of ether oxygens (including phenoxy) is 1. The van der Waals surface area contributed by atoms with E-state index in [9.17, 15) is 14.4 Å². The molecular weight excluding hydrogens is 424 g/mol. The van der Waals surface area contributed by atoms with E-state index in [2.05, 4.69) is 21.1 Å². The lowest BCUT2D eigenvalue weighted by molar-refractivity contribution is -0.122. The molecule has 0 radical (unpaired) electrons.